The van der Waals surface area contributed by atoms with Crippen molar-refractivity contribution in [3.05, 3.63) is 29.6 Å². The number of pyridine rings is 1. The summed E-state index contributed by atoms with van der Waals surface area (Å²) in [6, 6.07) is 4.51. The van der Waals surface area contributed by atoms with Gasteiger partial charge in [-0.15, -0.1) is 0 Å². The lowest BCUT2D eigenvalue weighted by Gasteiger charge is -2.37. The fraction of sp³-hybridized carbons (Fsp3) is 0.667. The molecule has 1 saturated carbocycles. The molecule has 1 aliphatic rings. The van der Waals surface area contributed by atoms with Gasteiger partial charge in [0.1, 0.15) is 0 Å². The van der Waals surface area contributed by atoms with Crippen molar-refractivity contribution in [3.8, 4) is 0 Å². The van der Waals surface area contributed by atoms with Crippen LogP contribution in [0.1, 0.15) is 49.9 Å². The molecule has 0 spiro atoms. The number of hydrogen-bond acceptors (Lipinski definition) is 3. The molecule has 18 heavy (non-hydrogen) atoms. The van der Waals surface area contributed by atoms with E-state index in [9.17, 15) is 0 Å². The molecule has 2 rings (SSSR count). The Morgan fingerprint density at radius 2 is 2.11 bits per heavy atom. The summed E-state index contributed by atoms with van der Waals surface area (Å²) >= 11 is 0. The standard InChI is InChI=1S/C15H24N2O/c1-4-16-14(13-8-7-12(2)17-11-13)15(18-3)9-5-6-10-15/h7-8,11,14,16H,4-6,9-10H2,1-3H3. The van der Waals surface area contributed by atoms with Crippen LogP contribution in [-0.2, 0) is 4.74 Å². The molecular weight excluding hydrogens is 224 g/mol. The Morgan fingerprint density at radius 3 is 2.61 bits per heavy atom. The third kappa shape index (κ3) is 2.57. The first-order valence-electron chi connectivity index (χ1n) is 6.93. The summed E-state index contributed by atoms with van der Waals surface area (Å²) in [6.45, 7) is 5.12. The van der Waals surface area contributed by atoms with Crippen LogP contribution in [0.3, 0.4) is 0 Å². The largest absolute Gasteiger partial charge is 0.376 e. The minimum absolute atomic E-state index is 0.0487. The molecule has 1 N–H and O–H groups in total. The average molecular weight is 248 g/mol. The normalized spacial score (nSPS) is 19.9. The second-order valence-electron chi connectivity index (χ2n) is 5.20. The van der Waals surface area contributed by atoms with E-state index in [1.165, 1.54) is 18.4 Å². The van der Waals surface area contributed by atoms with Gasteiger partial charge >= 0.3 is 0 Å². The van der Waals surface area contributed by atoms with E-state index in [0.29, 0.717) is 0 Å². The van der Waals surface area contributed by atoms with Gasteiger partial charge in [-0.1, -0.05) is 25.8 Å². The van der Waals surface area contributed by atoms with Gasteiger partial charge in [0.2, 0.25) is 0 Å². The van der Waals surface area contributed by atoms with Crippen molar-refractivity contribution in [2.45, 2.75) is 51.2 Å². The van der Waals surface area contributed by atoms with Gasteiger partial charge in [-0.05, 0) is 37.9 Å². The van der Waals surface area contributed by atoms with Crippen LogP contribution in [0.2, 0.25) is 0 Å². The summed E-state index contributed by atoms with van der Waals surface area (Å²) in [7, 11) is 1.84. The molecule has 3 nitrogen and oxygen atoms in total. The van der Waals surface area contributed by atoms with Crippen molar-refractivity contribution >= 4 is 0 Å². The number of methoxy groups -OCH3 is 1. The Morgan fingerprint density at radius 1 is 1.39 bits per heavy atom. The number of likely N-dealkylation sites (N-methyl/N-ethyl adjacent to an activating group) is 1. The zero-order valence-electron chi connectivity index (χ0n) is 11.7. The highest BCUT2D eigenvalue weighted by atomic mass is 16.5. The van der Waals surface area contributed by atoms with Gasteiger partial charge in [-0.3, -0.25) is 4.98 Å². The molecule has 1 unspecified atom stereocenters. The van der Waals surface area contributed by atoms with E-state index < -0.39 is 0 Å². The maximum Gasteiger partial charge on any atom is 0.0873 e. The lowest BCUT2D eigenvalue weighted by molar-refractivity contribution is -0.0365. The predicted molar refractivity (Wildman–Crippen MR) is 73.6 cm³/mol. The number of nitrogens with one attached hydrogen (secondary N) is 1. The Labute approximate surface area is 110 Å². The number of rotatable bonds is 5. The monoisotopic (exact) mass is 248 g/mol. The smallest absolute Gasteiger partial charge is 0.0873 e. The molecule has 0 aliphatic heterocycles. The number of aryl methyl sites for hydroxylation is 1. The lowest BCUT2D eigenvalue weighted by Crippen LogP contribution is -2.43. The molecular formula is C15H24N2O. The zero-order valence-corrected chi connectivity index (χ0v) is 11.7. The van der Waals surface area contributed by atoms with Crippen LogP contribution in [0.25, 0.3) is 0 Å². The third-order valence-corrected chi connectivity index (χ3v) is 4.06. The Balaban J connectivity index is 2.29. The summed E-state index contributed by atoms with van der Waals surface area (Å²) < 4.78 is 5.91. The van der Waals surface area contributed by atoms with Crippen molar-refractivity contribution in [3.63, 3.8) is 0 Å². The minimum atomic E-state index is -0.0487. The molecule has 0 saturated heterocycles. The molecule has 0 bridgehead atoms. The number of ether oxygens (including phenoxy) is 1. The van der Waals surface area contributed by atoms with E-state index in [2.05, 4.69) is 29.4 Å². The fourth-order valence-corrected chi connectivity index (χ4v) is 3.05. The van der Waals surface area contributed by atoms with Crippen LogP contribution in [-0.4, -0.2) is 24.2 Å². The van der Waals surface area contributed by atoms with Gasteiger partial charge in [0.15, 0.2) is 0 Å². The Kier molecular flexibility index (Phi) is 4.36. The number of hydrogen-bond donors (Lipinski definition) is 1. The summed E-state index contributed by atoms with van der Waals surface area (Å²) in [4.78, 5) is 4.42. The topological polar surface area (TPSA) is 34.2 Å². The molecule has 0 amide bonds. The highest BCUT2D eigenvalue weighted by molar-refractivity contribution is 5.21. The molecule has 1 aromatic rings. The molecule has 0 aromatic carbocycles. The van der Waals surface area contributed by atoms with Crippen molar-refractivity contribution in [1.82, 2.24) is 10.3 Å². The molecule has 1 fully saturated rings. The maximum absolute atomic E-state index is 5.91. The second kappa shape index (κ2) is 5.81. The summed E-state index contributed by atoms with van der Waals surface area (Å²) in [5, 5.41) is 3.59. The minimum Gasteiger partial charge on any atom is -0.376 e. The third-order valence-electron chi connectivity index (χ3n) is 4.06. The maximum atomic E-state index is 5.91. The summed E-state index contributed by atoms with van der Waals surface area (Å²) in [5.41, 5.74) is 2.26. The molecule has 3 heteroatoms. The van der Waals surface area contributed by atoms with E-state index in [1.807, 2.05) is 20.2 Å². The van der Waals surface area contributed by atoms with Crippen LogP contribution >= 0.6 is 0 Å². The highest BCUT2D eigenvalue weighted by Crippen LogP contribution is 2.42. The van der Waals surface area contributed by atoms with Gasteiger partial charge in [0, 0.05) is 19.0 Å². The summed E-state index contributed by atoms with van der Waals surface area (Å²) in [5.74, 6) is 0. The van der Waals surface area contributed by atoms with Gasteiger partial charge < -0.3 is 10.1 Å². The quantitative estimate of drug-likeness (QED) is 0.869. The Hall–Kier alpha value is -0.930. The van der Waals surface area contributed by atoms with E-state index in [-0.39, 0.29) is 11.6 Å². The lowest BCUT2D eigenvalue weighted by atomic mass is 9.87. The predicted octanol–water partition coefficient (Wildman–Crippen LogP) is 3.00. The van der Waals surface area contributed by atoms with Crippen LogP contribution in [0.5, 0.6) is 0 Å². The van der Waals surface area contributed by atoms with Crippen molar-refractivity contribution < 1.29 is 4.74 Å². The SMILES string of the molecule is CCNC(c1ccc(C)nc1)C1(OC)CCCC1. The van der Waals surface area contributed by atoms with Crippen molar-refractivity contribution in [1.29, 1.82) is 0 Å². The average Bonchev–Trinajstić information content (AvgIpc) is 2.87. The van der Waals surface area contributed by atoms with Crippen molar-refractivity contribution in [2.24, 2.45) is 0 Å². The fourth-order valence-electron chi connectivity index (χ4n) is 3.05. The molecule has 0 radical (unpaired) electrons. The van der Waals surface area contributed by atoms with Gasteiger partial charge in [-0.2, -0.15) is 0 Å². The van der Waals surface area contributed by atoms with E-state index in [4.69, 9.17) is 4.74 Å². The second-order valence-corrected chi connectivity index (χ2v) is 5.20. The highest BCUT2D eigenvalue weighted by Gasteiger charge is 2.42. The van der Waals surface area contributed by atoms with Crippen LogP contribution in [0, 0.1) is 6.92 Å². The first-order valence-corrected chi connectivity index (χ1v) is 6.93. The van der Waals surface area contributed by atoms with E-state index in [1.54, 1.807) is 0 Å². The molecule has 100 valence electrons. The molecule has 1 atom stereocenters. The van der Waals surface area contributed by atoms with Gasteiger partial charge in [-0.25, -0.2) is 0 Å². The van der Waals surface area contributed by atoms with Crippen LogP contribution < -0.4 is 5.32 Å². The number of aromatic nitrogens is 1. The van der Waals surface area contributed by atoms with E-state index in [0.717, 1.165) is 25.1 Å². The van der Waals surface area contributed by atoms with Gasteiger partial charge in [0.25, 0.3) is 0 Å². The van der Waals surface area contributed by atoms with Gasteiger partial charge in [0.05, 0.1) is 11.6 Å². The number of nitrogens with zero attached hydrogens (tertiary/aromatic N) is 1. The Bertz CT molecular complexity index is 369. The van der Waals surface area contributed by atoms with Crippen LogP contribution in [0.15, 0.2) is 18.3 Å². The van der Waals surface area contributed by atoms with Crippen molar-refractivity contribution in [2.75, 3.05) is 13.7 Å². The van der Waals surface area contributed by atoms with Crippen LogP contribution in [0.4, 0.5) is 0 Å². The zero-order chi connectivity index (χ0) is 13.0. The van der Waals surface area contributed by atoms with E-state index >= 15 is 0 Å². The first kappa shape index (κ1) is 13.5. The summed E-state index contributed by atoms with van der Waals surface area (Å²) in [6.07, 6.45) is 6.77. The first-order chi connectivity index (χ1) is 8.72. The molecule has 1 aromatic heterocycles. The molecule has 1 heterocycles. The molecule has 1 aliphatic carbocycles.